The molecule has 0 aromatic heterocycles. The highest BCUT2D eigenvalue weighted by Gasteiger charge is 2.29. The van der Waals surface area contributed by atoms with Gasteiger partial charge in [0.25, 0.3) is 0 Å². The number of thioether (sulfide) groups is 1. The fraction of sp³-hybridized carbons (Fsp3) is 0.500. The van der Waals surface area contributed by atoms with Crippen molar-refractivity contribution in [3.63, 3.8) is 0 Å². The zero-order valence-corrected chi connectivity index (χ0v) is 14.9. The van der Waals surface area contributed by atoms with Crippen molar-refractivity contribution >= 4 is 43.4 Å². The zero-order chi connectivity index (χ0) is 15.5. The minimum absolute atomic E-state index is 0.0698. The molecule has 1 fully saturated rings. The quantitative estimate of drug-likeness (QED) is 0.836. The Kier molecular flexibility index (Phi) is 5.73. The molecular formula is C14H18BrNO3S2. The smallest absolute Gasteiger partial charge is 0.233 e. The van der Waals surface area contributed by atoms with Crippen molar-refractivity contribution in [2.75, 3.05) is 11.5 Å². The van der Waals surface area contributed by atoms with Gasteiger partial charge in [-0.2, -0.15) is 0 Å². The van der Waals surface area contributed by atoms with Crippen LogP contribution in [0.25, 0.3) is 0 Å². The van der Waals surface area contributed by atoms with Crippen molar-refractivity contribution in [3.8, 4) is 0 Å². The maximum absolute atomic E-state index is 12.1. The molecule has 2 atom stereocenters. The van der Waals surface area contributed by atoms with Crippen molar-refractivity contribution in [1.29, 1.82) is 0 Å². The second kappa shape index (κ2) is 7.15. The monoisotopic (exact) mass is 391 g/mol. The fourth-order valence-electron chi connectivity index (χ4n) is 2.13. The summed E-state index contributed by atoms with van der Waals surface area (Å²) in [6.45, 7) is 1.85. The summed E-state index contributed by atoms with van der Waals surface area (Å²) in [7, 11) is -2.96. The van der Waals surface area contributed by atoms with Crippen LogP contribution in [0.5, 0.6) is 0 Å². The molecular weight excluding hydrogens is 374 g/mol. The molecule has 0 spiro atoms. The molecule has 0 radical (unpaired) electrons. The number of benzene rings is 1. The van der Waals surface area contributed by atoms with Gasteiger partial charge in [-0.1, -0.05) is 34.1 Å². The Labute approximate surface area is 138 Å². The van der Waals surface area contributed by atoms with Gasteiger partial charge in [0, 0.05) is 16.3 Å². The minimum Gasteiger partial charge on any atom is -0.351 e. The van der Waals surface area contributed by atoms with E-state index >= 15 is 0 Å². The van der Waals surface area contributed by atoms with Crippen LogP contribution < -0.4 is 5.32 Å². The predicted molar refractivity (Wildman–Crippen MR) is 90.1 cm³/mol. The molecule has 0 saturated carbocycles. The average Bonchev–Trinajstić information content (AvgIpc) is 2.76. The predicted octanol–water partition coefficient (Wildman–Crippen LogP) is 2.37. The van der Waals surface area contributed by atoms with Crippen molar-refractivity contribution < 1.29 is 13.2 Å². The van der Waals surface area contributed by atoms with Crippen LogP contribution in [0.3, 0.4) is 0 Å². The maximum atomic E-state index is 12.1. The lowest BCUT2D eigenvalue weighted by atomic mass is 10.2. The summed E-state index contributed by atoms with van der Waals surface area (Å²) >= 11 is 5.03. The maximum Gasteiger partial charge on any atom is 0.233 e. The highest BCUT2D eigenvalue weighted by atomic mass is 79.9. The zero-order valence-electron chi connectivity index (χ0n) is 11.7. The summed E-state index contributed by atoms with van der Waals surface area (Å²) in [5, 5.41) is 2.63. The van der Waals surface area contributed by atoms with Crippen LogP contribution >= 0.6 is 27.7 Å². The van der Waals surface area contributed by atoms with E-state index in [0.29, 0.717) is 6.42 Å². The number of hydrogen-bond acceptors (Lipinski definition) is 4. The van der Waals surface area contributed by atoms with E-state index < -0.39 is 9.84 Å². The summed E-state index contributed by atoms with van der Waals surface area (Å²) in [6.07, 6.45) is 0.524. The molecule has 4 nitrogen and oxygen atoms in total. The summed E-state index contributed by atoms with van der Waals surface area (Å²) in [4.78, 5) is 12.1. The van der Waals surface area contributed by atoms with Crippen LogP contribution in [0, 0.1) is 0 Å². The number of carbonyl (C=O) groups is 1. The second-order valence-electron chi connectivity index (χ2n) is 5.15. The van der Waals surface area contributed by atoms with Gasteiger partial charge in [-0.05, 0) is 25.0 Å². The molecule has 1 heterocycles. The van der Waals surface area contributed by atoms with E-state index in [4.69, 9.17) is 0 Å². The lowest BCUT2D eigenvalue weighted by molar-refractivity contribution is -0.120. The summed E-state index contributed by atoms with van der Waals surface area (Å²) in [5.41, 5.74) is 1.14. The second-order valence-corrected chi connectivity index (χ2v) is 9.57. The van der Waals surface area contributed by atoms with E-state index in [1.165, 1.54) is 0 Å². The van der Waals surface area contributed by atoms with Gasteiger partial charge in [0.05, 0.1) is 16.8 Å². The fourth-order valence-corrected chi connectivity index (χ4v) is 5.32. The Morgan fingerprint density at radius 1 is 1.48 bits per heavy atom. The lowest BCUT2D eigenvalue weighted by Gasteiger charge is -2.16. The van der Waals surface area contributed by atoms with Crippen molar-refractivity contribution in [2.24, 2.45) is 0 Å². The molecule has 116 valence electrons. The summed E-state index contributed by atoms with van der Waals surface area (Å²) in [6, 6.07) is 7.69. The van der Waals surface area contributed by atoms with Gasteiger partial charge in [-0.25, -0.2) is 8.42 Å². The first-order valence-electron chi connectivity index (χ1n) is 6.73. The number of nitrogens with one attached hydrogen (secondary N) is 1. The third-order valence-electron chi connectivity index (χ3n) is 3.39. The molecule has 2 unspecified atom stereocenters. The molecule has 21 heavy (non-hydrogen) atoms. The molecule has 1 aliphatic heterocycles. The molecule has 7 heteroatoms. The van der Waals surface area contributed by atoms with E-state index in [1.807, 2.05) is 31.2 Å². The van der Waals surface area contributed by atoms with Crippen molar-refractivity contribution in [1.82, 2.24) is 5.32 Å². The first kappa shape index (κ1) is 16.8. The molecule has 1 amide bonds. The SMILES string of the molecule is CC(SCc1ccccc1Br)C(=O)NC1CCS(=O)(=O)C1. The molecule has 1 aromatic carbocycles. The minimum atomic E-state index is -2.96. The first-order chi connectivity index (χ1) is 9.87. The third kappa shape index (κ3) is 5.00. The number of halogens is 1. The van der Waals surface area contributed by atoms with Crippen molar-refractivity contribution in [3.05, 3.63) is 34.3 Å². The lowest BCUT2D eigenvalue weighted by Crippen LogP contribution is -2.40. The standard InChI is InChI=1S/C14H18BrNO3S2/c1-10(20-8-11-4-2-3-5-13(11)15)14(17)16-12-6-7-21(18,19)9-12/h2-5,10,12H,6-9H2,1H3,(H,16,17). The van der Waals surface area contributed by atoms with Gasteiger partial charge in [0.15, 0.2) is 9.84 Å². The van der Waals surface area contributed by atoms with Gasteiger partial charge in [-0.3, -0.25) is 4.79 Å². The third-order valence-corrected chi connectivity index (χ3v) is 7.13. The molecule has 1 aliphatic rings. The van der Waals surface area contributed by atoms with E-state index in [0.717, 1.165) is 15.8 Å². The Bertz CT molecular complexity index is 618. The number of hydrogen-bond donors (Lipinski definition) is 1. The number of carbonyl (C=O) groups excluding carboxylic acids is 1. The van der Waals surface area contributed by atoms with Crippen LogP contribution in [0.15, 0.2) is 28.7 Å². The molecule has 0 bridgehead atoms. The normalized spacial score (nSPS) is 21.9. The summed E-state index contributed by atoms with van der Waals surface area (Å²) < 4.78 is 23.8. The average molecular weight is 392 g/mol. The van der Waals surface area contributed by atoms with E-state index in [9.17, 15) is 13.2 Å². The Hall–Kier alpha value is -0.530. The molecule has 2 rings (SSSR count). The summed E-state index contributed by atoms with van der Waals surface area (Å²) in [5.74, 6) is 0.893. The number of sulfone groups is 1. The highest BCUT2D eigenvalue weighted by Crippen LogP contribution is 2.24. The van der Waals surface area contributed by atoms with Gasteiger partial charge >= 0.3 is 0 Å². The van der Waals surface area contributed by atoms with Gasteiger partial charge in [-0.15, -0.1) is 11.8 Å². The van der Waals surface area contributed by atoms with E-state index in [2.05, 4.69) is 21.2 Å². The van der Waals surface area contributed by atoms with Crippen molar-refractivity contribution in [2.45, 2.75) is 30.4 Å². The van der Waals surface area contributed by atoms with Crippen LogP contribution in [0.4, 0.5) is 0 Å². The number of rotatable bonds is 5. The van der Waals surface area contributed by atoms with Gasteiger partial charge < -0.3 is 5.32 Å². The van der Waals surface area contributed by atoms with Gasteiger partial charge in [0.2, 0.25) is 5.91 Å². The molecule has 1 saturated heterocycles. The van der Waals surface area contributed by atoms with Crippen LogP contribution in [0.1, 0.15) is 18.9 Å². The molecule has 0 aliphatic carbocycles. The van der Waals surface area contributed by atoms with Crippen LogP contribution in [-0.4, -0.2) is 37.1 Å². The Balaban J connectivity index is 1.82. The topological polar surface area (TPSA) is 63.2 Å². The highest BCUT2D eigenvalue weighted by molar-refractivity contribution is 9.10. The largest absolute Gasteiger partial charge is 0.351 e. The Morgan fingerprint density at radius 2 is 2.19 bits per heavy atom. The van der Waals surface area contributed by atoms with Crippen LogP contribution in [0.2, 0.25) is 0 Å². The van der Waals surface area contributed by atoms with Crippen LogP contribution in [-0.2, 0) is 20.4 Å². The van der Waals surface area contributed by atoms with E-state index in [1.54, 1.807) is 11.8 Å². The molecule has 1 aromatic rings. The molecule has 1 N–H and O–H groups in total. The Morgan fingerprint density at radius 3 is 2.81 bits per heavy atom. The first-order valence-corrected chi connectivity index (χ1v) is 10.4. The number of amides is 1. The van der Waals surface area contributed by atoms with E-state index in [-0.39, 0.29) is 28.7 Å². The van der Waals surface area contributed by atoms with Gasteiger partial charge in [0.1, 0.15) is 0 Å².